The molecule has 1 saturated heterocycles. The van der Waals surface area contributed by atoms with Crippen LogP contribution in [-0.2, 0) is 0 Å². The normalized spacial score (nSPS) is 16.0. The van der Waals surface area contributed by atoms with E-state index in [0.717, 1.165) is 13.1 Å². The van der Waals surface area contributed by atoms with E-state index in [2.05, 4.69) is 9.89 Å². The zero-order chi connectivity index (χ0) is 14.2. The lowest BCUT2D eigenvalue weighted by molar-refractivity contribution is 0.325. The van der Waals surface area contributed by atoms with Crippen molar-refractivity contribution < 1.29 is 9.13 Å². The summed E-state index contributed by atoms with van der Waals surface area (Å²) >= 11 is 0. The van der Waals surface area contributed by atoms with Crippen LogP contribution in [0.2, 0.25) is 0 Å². The summed E-state index contributed by atoms with van der Waals surface area (Å²) in [5.74, 6) is 0.818. The van der Waals surface area contributed by atoms with Crippen LogP contribution in [0.1, 0.15) is 25.7 Å². The molecular formula is C15H23FIN3O. The average molecular weight is 407 g/mol. The number of halogens is 2. The molecule has 4 nitrogen and oxygen atoms in total. The van der Waals surface area contributed by atoms with Crippen molar-refractivity contribution in [1.82, 2.24) is 4.90 Å². The van der Waals surface area contributed by atoms with E-state index in [-0.39, 0.29) is 29.8 Å². The number of nitrogens with zero attached hydrogens (tertiary/aromatic N) is 2. The number of likely N-dealkylation sites (tertiary alicyclic amines) is 1. The molecule has 0 atom stereocenters. The van der Waals surface area contributed by atoms with E-state index in [1.807, 2.05) is 0 Å². The highest BCUT2D eigenvalue weighted by molar-refractivity contribution is 14.0. The maximum absolute atomic E-state index is 13.0. The van der Waals surface area contributed by atoms with Crippen LogP contribution in [-0.4, -0.2) is 37.1 Å². The first-order valence-electron chi connectivity index (χ1n) is 7.19. The van der Waals surface area contributed by atoms with Gasteiger partial charge in [0.2, 0.25) is 0 Å². The van der Waals surface area contributed by atoms with Crippen LogP contribution < -0.4 is 10.5 Å². The van der Waals surface area contributed by atoms with Gasteiger partial charge in [-0.1, -0.05) is 18.9 Å². The fourth-order valence-corrected chi connectivity index (χ4v) is 2.28. The minimum absolute atomic E-state index is 0. The fourth-order valence-electron chi connectivity index (χ4n) is 2.28. The maximum Gasteiger partial charge on any atom is 0.191 e. The second-order valence-corrected chi connectivity index (χ2v) is 4.95. The molecule has 2 rings (SSSR count). The Morgan fingerprint density at radius 2 is 1.95 bits per heavy atom. The Hall–Kier alpha value is -1.05. The van der Waals surface area contributed by atoms with Gasteiger partial charge < -0.3 is 15.4 Å². The van der Waals surface area contributed by atoms with Gasteiger partial charge in [0.1, 0.15) is 18.2 Å². The van der Waals surface area contributed by atoms with Crippen molar-refractivity contribution in [2.45, 2.75) is 25.7 Å². The van der Waals surface area contributed by atoms with Gasteiger partial charge in [-0.15, -0.1) is 24.0 Å². The van der Waals surface area contributed by atoms with Crippen molar-refractivity contribution in [3.8, 4) is 5.75 Å². The van der Waals surface area contributed by atoms with Crippen LogP contribution in [0.25, 0.3) is 0 Å². The van der Waals surface area contributed by atoms with E-state index in [1.165, 1.54) is 37.8 Å². The van der Waals surface area contributed by atoms with Crippen molar-refractivity contribution >= 4 is 29.9 Å². The first-order valence-corrected chi connectivity index (χ1v) is 7.19. The van der Waals surface area contributed by atoms with E-state index in [1.54, 1.807) is 12.1 Å². The second-order valence-electron chi connectivity index (χ2n) is 4.95. The minimum atomic E-state index is -0.296. The Morgan fingerprint density at radius 3 is 2.62 bits per heavy atom. The zero-order valence-corrected chi connectivity index (χ0v) is 14.5. The summed E-state index contributed by atoms with van der Waals surface area (Å²) in [7, 11) is 0. The van der Waals surface area contributed by atoms with Crippen LogP contribution in [0, 0.1) is 5.82 Å². The predicted molar refractivity (Wildman–Crippen MR) is 93.8 cm³/mol. The van der Waals surface area contributed by atoms with Gasteiger partial charge in [-0.2, -0.15) is 0 Å². The van der Waals surface area contributed by atoms with Crippen molar-refractivity contribution in [2.24, 2.45) is 10.7 Å². The third-order valence-electron chi connectivity index (χ3n) is 3.36. The molecule has 1 heterocycles. The van der Waals surface area contributed by atoms with E-state index >= 15 is 0 Å². The van der Waals surface area contributed by atoms with Gasteiger partial charge in [0.05, 0.1) is 6.54 Å². The molecule has 0 aromatic heterocycles. The lowest BCUT2D eigenvalue weighted by atomic mass is 10.2. The molecule has 1 aromatic carbocycles. The smallest absolute Gasteiger partial charge is 0.191 e. The molecule has 1 aliphatic heterocycles. The van der Waals surface area contributed by atoms with Gasteiger partial charge in [-0.25, -0.2) is 9.38 Å². The summed E-state index contributed by atoms with van der Waals surface area (Å²) in [5.41, 5.74) is 5.98. The summed E-state index contributed by atoms with van der Waals surface area (Å²) in [5, 5.41) is 0. The van der Waals surface area contributed by atoms with Gasteiger partial charge in [-0.05, 0) is 25.0 Å². The largest absolute Gasteiger partial charge is 0.492 e. The highest BCUT2D eigenvalue weighted by Crippen LogP contribution is 2.12. The summed E-state index contributed by atoms with van der Waals surface area (Å²) in [6, 6.07) is 6.11. The average Bonchev–Trinajstić information content (AvgIpc) is 2.72. The number of rotatable bonds is 4. The van der Waals surface area contributed by atoms with E-state index in [9.17, 15) is 4.39 Å². The number of guanidine groups is 1. The highest BCUT2D eigenvalue weighted by Gasteiger charge is 2.10. The van der Waals surface area contributed by atoms with E-state index in [0.29, 0.717) is 24.9 Å². The van der Waals surface area contributed by atoms with Crippen LogP contribution in [0.5, 0.6) is 5.75 Å². The Labute approximate surface area is 142 Å². The Kier molecular flexibility index (Phi) is 8.41. The SMILES string of the molecule is I.NC(=NCCOc1cccc(F)c1)N1CCCCCC1. The number of hydrogen-bond donors (Lipinski definition) is 1. The summed E-state index contributed by atoms with van der Waals surface area (Å²) in [6.07, 6.45) is 4.89. The quantitative estimate of drug-likeness (QED) is 0.361. The first kappa shape index (κ1) is 18.0. The monoisotopic (exact) mass is 407 g/mol. The molecule has 2 N–H and O–H groups in total. The number of ether oxygens (including phenoxy) is 1. The molecule has 0 aliphatic carbocycles. The van der Waals surface area contributed by atoms with Gasteiger partial charge in [0.15, 0.2) is 5.96 Å². The standard InChI is InChI=1S/C15H22FN3O.HI/c16-13-6-5-7-14(12-13)20-11-8-18-15(17)19-9-3-1-2-4-10-19;/h5-7,12H,1-4,8-11H2,(H2,17,18);1H. The number of nitrogens with two attached hydrogens (primary N) is 1. The van der Waals surface area contributed by atoms with Crippen molar-refractivity contribution in [3.63, 3.8) is 0 Å². The third-order valence-corrected chi connectivity index (χ3v) is 3.36. The molecule has 118 valence electrons. The topological polar surface area (TPSA) is 50.9 Å². The Bertz CT molecular complexity index is 448. The summed E-state index contributed by atoms with van der Waals surface area (Å²) < 4.78 is 18.4. The molecule has 1 aliphatic rings. The van der Waals surface area contributed by atoms with Crippen LogP contribution in [0.4, 0.5) is 4.39 Å². The Morgan fingerprint density at radius 1 is 1.24 bits per heavy atom. The third kappa shape index (κ3) is 6.50. The van der Waals surface area contributed by atoms with Crippen LogP contribution in [0.3, 0.4) is 0 Å². The summed E-state index contributed by atoms with van der Waals surface area (Å²) in [4.78, 5) is 6.46. The number of hydrogen-bond acceptors (Lipinski definition) is 2. The lowest BCUT2D eigenvalue weighted by Gasteiger charge is -2.21. The first-order chi connectivity index (χ1) is 9.75. The van der Waals surface area contributed by atoms with Gasteiger partial charge in [0, 0.05) is 19.2 Å². The molecule has 0 unspecified atom stereocenters. The van der Waals surface area contributed by atoms with Crippen LogP contribution >= 0.6 is 24.0 Å². The molecule has 6 heteroatoms. The van der Waals surface area contributed by atoms with Gasteiger partial charge in [0.25, 0.3) is 0 Å². The van der Waals surface area contributed by atoms with E-state index in [4.69, 9.17) is 10.5 Å². The minimum Gasteiger partial charge on any atom is -0.492 e. The molecule has 0 radical (unpaired) electrons. The molecule has 21 heavy (non-hydrogen) atoms. The van der Waals surface area contributed by atoms with Gasteiger partial charge >= 0.3 is 0 Å². The van der Waals surface area contributed by atoms with Crippen molar-refractivity contribution in [1.29, 1.82) is 0 Å². The molecule has 0 bridgehead atoms. The molecule has 0 spiro atoms. The summed E-state index contributed by atoms with van der Waals surface area (Å²) in [6.45, 7) is 2.86. The fraction of sp³-hybridized carbons (Fsp3) is 0.533. The predicted octanol–water partition coefficient (Wildman–Crippen LogP) is 3.01. The molecule has 0 saturated carbocycles. The second kappa shape index (κ2) is 9.81. The van der Waals surface area contributed by atoms with Crippen molar-refractivity contribution in [2.75, 3.05) is 26.2 Å². The lowest BCUT2D eigenvalue weighted by Crippen LogP contribution is -2.38. The maximum atomic E-state index is 13.0. The Balaban J connectivity index is 0.00000220. The number of benzene rings is 1. The van der Waals surface area contributed by atoms with E-state index < -0.39 is 0 Å². The number of aliphatic imine (C=N–C) groups is 1. The molecule has 1 fully saturated rings. The molecule has 0 amide bonds. The van der Waals surface area contributed by atoms with Gasteiger partial charge in [-0.3, -0.25) is 0 Å². The van der Waals surface area contributed by atoms with Crippen LogP contribution in [0.15, 0.2) is 29.3 Å². The van der Waals surface area contributed by atoms with Crippen molar-refractivity contribution in [3.05, 3.63) is 30.1 Å². The highest BCUT2D eigenvalue weighted by atomic mass is 127. The molecule has 1 aromatic rings. The molecular weight excluding hydrogens is 384 g/mol. The zero-order valence-electron chi connectivity index (χ0n) is 12.1.